The Morgan fingerprint density at radius 2 is 0.841 bits per heavy atom. The Labute approximate surface area is 509 Å². The molecule has 3 atom stereocenters. The number of nitriles is 2. The summed E-state index contributed by atoms with van der Waals surface area (Å²) in [4.78, 5) is 66.9. The monoisotopic (exact) mass is 1170 g/mol. The molecule has 1 saturated carbocycles. The molecule has 0 aromatic heterocycles. The number of carbonyl (C=O) groups excluding carboxylic acids is 5. The number of hydrogen-bond donors (Lipinski definition) is 1. The van der Waals surface area contributed by atoms with Crippen LogP contribution < -0.4 is 24.3 Å². The summed E-state index contributed by atoms with van der Waals surface area (Å²) in [6.45, 7) is 2.42. The van der Waals surface area contributed by atoms with Gasteiger partial charge in [-0.05, 0) is 185 Å². The van der Waals surface area contributed by atoms with E-state index in [-0.39, 0.29) is 82.2 Å². The number of fused-ring (bicyclic) bond motifs is 2. The largest absolute Gasteiger partial charge is 0.493 e. The van der Waals surface area contributed by atoms with Crippen molar-refractivity contribution in [1.29, 1.82) is 10.5 Å². The summed E-state index contributed by atoms with van der Waals surface area (Å²) in [5.74, 6) is -2.89. The van der Waals surface area contributed by atoms with Crippen LogP contribution in [0.25, 0.3) is 43.8 Å². The second-order valence-electron chi connectivity index (χ2n) is 21.4. The fraction of sp³-hybridized carbons (Fsp3) is 0.219. The zero-order valence-corrected chi connectivity index (χ0v) is 48.4. The molecule has 0 bridgehead atoms. The third-order valence-electron chi connectivity index (χ3n) is 15.3. The molecule has 0 heterocycles. The van der Waals surface area contributed by atoms with Crippen LogP contribution in [-0.2, 0) is 28.6 Å². The maximum absolute atomic E-state index is 13.7. The van der Waals surface area contributed by atoms with Gasteiger partial charge >= 0.3 is 23.9 Å². The van der Waals surface area contributed by atoms with Crippen molar-refractivity contribution < 1.29 is 57.1 Å². The molecule has 1 aliphatic carbocycles. The summed E-state index contributed by atoms with van der Waals surface area (Å²) in [6.07, 6.45) is 1.16. The van der Waals surface area contributed by atoms with E-state index in [4.69, 9.17) is 43.7 Å². The van der Waals surface area contributed by atoms with E-state index < -0.39 is 41.6 Å². The van der Waals surface area contributed by atoms with Crippen molar-refractivity contribution >= 4 is 51.3 Å². The molecule has 15 nitrogen and oxygen atoms in total. The molecule has 88 heavy (non-hydrogen) atoms. The lowest BCUT2D eigenvalue weighted by molar-refractivity contribution is -0.161. The molecule has 9 aromatic carbocycles. The number of nitrogens with one attached hydrogen (secondary N) is 1. The third-order valence-corrected chi connectivity index (χ3v) is 15.3. The van der Waals surface area contributed by atoms with E-state index in [1.165, 1.54) is 0 Å². The molecule has 1 aliphatic rings. The Balaban J connectivity index is 0.689. The molecule has 1 N–H and O–H groups in total. The fourth-order valence-corrected chi connectivity index (χ4v) is 10.5. The maximum Gasteiger partial charge on any atom is 0.343 e. The Kier molecular flexibility index (Phi) is 20.1. The second kappa shape index (κ2) is 29.4. The molecule has 10 rings (SSSR count). The third kappa shape index (κ3) is 16.1. The van der Waals surface area contributed by atoms with E-state index in [0.717, 1.165) is 49.4 Å². The van der Waals surface area contributed by atoms with Crippen LogP contribution in [0, 0.1) is 40.4 Å². The molecule has 442 valence electrons. The highest BCUT2D eigenvalue weighted by atomic mass is 16.6. The summed E-state index contributed by atoms with van der Waals surface area (Å²) in [5, 5.41) is 25.3. The second-order valence-corrected chi connectivity index (χ2v) is 21.4. The molecule has 1 amide bonds. The van der Waals surface area contributed by atoms with Crippen molar-refractivity contribution in [2.75, 3.05) is 39.6 Å². The summed E-state index contributed by atoms with van der Waals surface area (Å²) in [7, 11) is 0. The van der Waals surface area contributed by atoms with Gasteiger partial charge in [0.2, 0.25) is 0 Å². The van der Waals surface area contributed by atoms with E-state index in [0.29, 0.717) is 46.8 Å². The van der Waals surface area contributed by atoms with Gasteiger partial charge in [-0.1, -0.05) is 91.0 Å². The summed E-state index contributed by atoms with van der Waals surface area (Å²) < 4.78 is 40.6. The van der Waals surface area contributed by atoms with Crippen LogP contribution in [0.4, 0.5) is 0 Å². The standard InChI is InChI=1S/C73H63N3O12/c1-48(51-7-3-2-4-8-51)76-69(77)54-21-29-66(30-22-54)88-73(81)55-23-27-65(28-24-55)84-37-38-87-72(80)64-42-62(70(78)85-35-5-33-82-67-31-25-58-39-56(17-19-60(58)44-67)52-13-9-49(46-74)10-14-52)41-63(43-64)71(79)86-36-6-34-83-68-32-26-59-40-57(18-20-61(59)45-68)53-15-11-50(47-75)12-16-53/h2-4,7-32,39-40,44-45,48,62-64H,5-6,33-38,41-43H2,1H3,(H,76,77)/t48-,62-,63-/m0/s1. The number of ether oxygens (including phenoxy) is 7. The minimum absolute atomic E-state index is 0.0204. The van der Waals surface area contributed by atoms with Crippen LogP contribution in [0.1, 0.15) is 82.5 Å². The lowest BCUT2D eigenvalue weighted by atomic mass is 9.75. The van der Waals surface area contributed by atoms with Crippen LogP contribution in [0.3, 0.4) is 0 Å². The smallest absolute Gasteiger partial charge is 0.343 e. The number of nitrogens with zero attached hydrogens (tertiary/aromatic N) is 2. The zero-order valence-electron chi connectivity index (χ0n) is 48.4. The van der Waals surface area contributed by atoms with Gasteiger partial charge in [-0.15, -0.1) is 0 Å². The first-order chi connectivity index (χ1) is 42.9. The number of carbonyl (C=O) groups is 5. The minimum Gasteiger partial charge on any atom is -0.493 e. The van der Waals surface area contributed by atoms with Gasteiger partial charge in [0.25, 0.3) is 5.91 Å². The maximum atomic E-state index is 13.7. The van der Waals surface area contributed by atoms with Crippen molar-refractivity contribution in [3.8, 4) is 57.4 Å². The Morgan fingerprint density at radius 1 is 0.432 bits per heavy atom. The van der Waals surface area contributed by atoms with Gasteiger partial charge in [-0.25, -0.2) is 4.79 Å². The molecule has 0 saturated heterocycles. The van der Waals surface area contributed by atoms with Crippen molar-refractivity contribution in [2.45, 2.75) is 45.1 Å². The van der Waals surface area contributed by atoms with Crippen LogP contribution in [0.2, 0.25) is 0 Å². The molecule has 9 aromatic rings. The van der Waals surface area contributed by atoms with Gasteiger partial charge in [-0.2, -0.15) is 10.5 Å². The lowest BCUT2D eigenvalue weighted by Gasteiger charge is -2.31. The minimum atomic E-state index is -0.807. The average molecular weight is 1170 g/mol. The van der Waals surface area contributed by atoms with Crippen molar-refractivity contribution in [3.05, 3.63) is 228 Å². The molecule has 0 radical (unpaired) electrons. The molecule has 15 heteroatoms. The lowest BCUT2D eigenvalue weighted by Crippen LogP contribution is -2.37. The number of benzene rings is 9. The van der Waals surface area contributed by atoms with Gasteiger partial charge in [-0.3, -0.25) is 19.2 Å². The molecule has 0 aliphatic heterocycles. The van der Waals surface area contributed by atoms with E-state index in [1.54, 1.807) is 72.8 Å². The van der Waals surface area contributed by atoms with E-state index in [2.05, 4.69) is 29.6 Å². The fourth-order valence-electron chi connectivity index (χ4n) is 10.5. The normalized spacial score (nSPS) is 14.7. The highest BCUT2D eigenvalue weighted by Crippen LogP contribution is 2.37. The van der Waals surface area contributed by atoms with E-state index in [9.17, 15) is 24.0 Å². The van der Waals surface area contributed by atoms with E-state index >= 15 is 0 Å². The van der Waals surface area contributed by atoms with Gasteiger partial charge in [0.05, 0.1) is 79.1 Å². The van der Waals surface area contributed by atoms with Gasteiger partial charge < -0.3 is 38.5 Å². The molecule has 0 unspecified atom stereocenters. The number of rotatable bonds is 24. The van der Waals surface area contributed by atoms with Crippen LogP contribution in [0.5, 0.6) is 23.0 Å². The number of amides is 1. The number of hydrogen-bond acceptors (Lipinski definition) is 14. The Bertz CT molecular complexity index is 3840. The summed E-state index contributed by atoms with van der Waals surface area (Å²) in [5.41, 5.74) is 6.93. The quantitative estimate of drug-likeness (QED) is 0.0258. The topological polar surface area (TPSA) is 210 Å². The van der Waals surface area contributed by atoms with Gasteiger partial charge in [0.1, 0.15) is 36.2 Å². The highest BCUT2D eigenvalue weighted by molar-refractivity contribution is 5.95. The molecule has 1 fully saturated rings. The zero-order chi connectivity index (χ0) is 61.2. The predicted octanol–water partition coefficient (Wildman–Crippen LogP) is 13.8. The SMILES string of the molecule is C[C@H](NC(=O)c1ccc(OC(=O)c2ccc(OCCOC(=O)C3C[C@@H](C(=O)OCCCOc4ccc5cc(-c6ccc(C#N)cc6)ccc5c4)C[C@H](C(=O)OCCCOc4ccc5cc(-c6ccc(C#N)cc6)ccc5c4)C3)cc2)cc1)c1ccccc1. The highest BCUT2D eigenvalue weighted by Gasteiger charge is 2.41. The van der Waals surface area contributed by atoms with Crippen LogP contribution in [-0.4, -0.2) is 69.4 Å². The molecule has 0 spiro atoms. The van der Waals surface area contributed by atoms with Crippen LogP contribution in [0.15, 0.2) is 200 Å². The summed E-state index contributed by atoms with van der Waals surface area (Å²) in [6, 6.07) is 65.0. The Hall–Kier alpha value is -10.8. The Morgan fingerprint density at radius 3 is 1.33 bits per heavy atom. The van der Waals surface area contributed by atoms with Crippen molar-refractivity contribution in [2.24, 2.45) is 17.8 Å². The molecular formula is C73H63N3O12. The average Bonchev–Trinajstić information content (AvgIpc) is 2.25. The molecular weight excluding hydrogens is 1110 g/mol. The first kappa shape index (κ1) is 60.4. The van der Waals surface area contributed by atoms with Crippen LogP contribution >= 0.6 is 0 Å². The number of esters is 4. The summed E-state index contributed by atoms with van der Waals surface area (Å²) >= 11 is 0. The van der Waals surface area contributed by atoms with Gasteiger partial charge in [0, 0.05) is 18.4 Å². The first-order valence-electron chi connectivity index (χ1n) is 29.2. The van der Waals surface area contributed by atoms with Crippen molar-refractivity contribution in [3.63, 3.8) is 0 Å². The predicted molar refractivity (Wildman–Crippen MR) is 331 cm³/mol. The van der Waals surface area contributed by atoms with Gasteiger partial charge in [0.15, 0.2) is 0 Å². The van der Waals surface area contributed by atoms with Crippen molar-refractivity contribution in [1.82, 2.24) is 5.32 Å². The van der Waals surface area contributed by atoms with E-state index in [1.807, 2.05) is 122 Å². The first-order valence-corrected chi connectivity index (χ1v) is 29.2.